The normalized spacial score (nSPS) is 12.5. The van der Waals surface area contributed by atoms with Gasteiger partial charge in [-0.25, -0.2) is 9.18 Å². The van der Waals surface area contributed by atoms with Gasteiger partial charge in [-0.1, -0.05) is 32.4 Å². The van der Waals surface area contributed by atoms with Gasteiger partial charge in [-0.2, -0.15) is 5.10 Å². The van der Waals surface area contributed by atoms with E-state index >= 15 is 0 Å². The van der Waals surface area contributed by atoms with Crippen molar-refractivity contribution >= 4 is 27.8 Å². The lowest BCUT2D eigenvalue weighted by atomic mass is 9.92. The third-order valence-electron chi connectivity index (χ3n) is 6.26. The Balaban J connectivity index is 1.89. The highest BCUT2D eigenvalue weighted by Gasteiger charge is 2.24. The lowest BCUT2D eigenvalue weighted by Crippen LogP contribution is -2.05. The molecule has 166 valence electrons. The molecule has 5 rings (SSSR count). The van der Waals surface area contributed by atoms with E-state index in [1.54, 1.807) is 30.5 Å². The molecule has 2 N–H and O–H groups in total. The molecule has 5 nitrogen and oxygen atoms in total. The molecule has 6 heteroatoms. The molecule has 1 unspecified atom stereocenters. The molecule has 3 aromatic carbocycles. The molecular weight excluding hydrogens is 417 g/mol. The summed E-state index contributed by atoms with van der Waals surface area (Å²) in [6.45, 7) is 4.37. The number of hydrogen-bond acceptors (Lipinski definition) is 2. The van der Waals surface area contributed by atoms with Crippen molar-refractivity contribution in [1.29, 1.82) is 0 Å². The number of halogens is 1. The molecule has 0 fully saturated rings. The van der Waals surface area contributed by atoms with E-state index in [1.165, 1.54) is 12.1 Å². The predicted octanol–water partition coefficient (Wildman–Crippen LogP) is 6.91. The topological polar surface area (TPSA) is 70.9 Å². The van der Waals surface area contributed by atoms with Gasteiger partial charge < -0.3 is 9.67 Å². The monoisotopic (exact) mass is 441 g/mol. The number of carboxylic acid groups (broad SMARTS) is 1. The molecule has 0 bridgehead atoms. The number of hydrogen-bond donors (Lipinski definition) is 2. The number of rotatable bonds is 6. The van der Waals surface area contributed by atoms with Crippen LogP contribution in [0, 0.1) is 5.82 Å². The number of nitrogens with one attached hydrogen (secondary N) is 1. The zero-order chi connectivity index (χ0) is 23.1. The van der Waals surface area contributed by atoms with Crippen LogP contribution in [0.1, 0.15) is 48.7 Å². The fourth-order valence-corrected chi connectivity index (χ4v) is 4.73. The summed E-state index contributed by atoms with van der Waals surface area (Å²) in [6, 6.07) is 17.8. The van der Waals surface area contributed by atoms with E-state index in [9.17, 15) is 14.3 Å². The number of aromatic nitrogens is 3. The van der Waals surface area contributed by atoms with Gasteiger partial charge in [0.2, 0.25) is 0 Å². The van der Waals surface area contributed by atoms with Crippen LogP contribution in [0.4, 0.5) is 4.39 Å². The third kappa shape index (κ3) is 3.57. The Labute approximate surface area is 190 Å². The molecule has 0 aliphatic rings. The number of benzene rings is 3. The van der Waals surface area contributed by atoms with Gasteiger partial charge in [0.05, 0.1) is 22.8 Å². The Bertz CT molecular complexity index is 1460. The van der Waals surface area contributed by atoms with Gasteiger partial charge in [0.25, 0.3) is 0 Å². The minimum atomic E-state index is -0.950. The van der Waals surface area contributed by atoms with E-state index in [-0.39, 0.29) is 17.3 Å². The molecular formula is C27H24FN3O2. The molecule has 0 saturated heterocycles. The quantitative estimate of drug-likeness (QED) is 0.301. The van der Waals surface area contributed by atoms with Gasteiger partial charge in [0.1, 0.15) is 5.82 Å². The summed E-state index contributed by atoms with van der Waals surface area (Å²) in [5, 5.41) is 18.6. The largest absolute Gasteiger partial charge is 0.478 e. The zero-order valence-corrected chi connectivity index (χ0v) is 18.5. The van der Waals surface area contributed by atoms with E-state index in [4.69, 9.17) is 0 Å². The van der Waals surface area contributed by atoms with Gasteiger partial charge in [-0.3, -0.25) is 5.10 Å². The Morgan fingerprint density at radius 3 is 2.52 bits per heavy atom. The summed E-state index contributed by atoms with van der Waals surface area (Å²) >= 11 is 0. The number of H-pyrrole nitrogens is 1. The molecule has 0 amide bonds. The maximum atomic E-state index is 13.8. The summed E-state index contributed by atoms with van der Waals surface area (Å²) in [7, 11) is 0. The number of aromatic carboxylic acids is 1. The van der Waals surface area contributed by atoms with E-state index in [2.05, 4.69) is 40.7 Å². The van der Waals surface area contributed by atoms with Gasteiger partial charge in [0.15, 0.2) is 0 Å². The minimum Gasteiger partial charge on any atom is -0.478 e. The van der Waals surface area contributed by atoms with Crippen molar-refractivity contribution < 1.29 is 14.3 Å². The van der Waals surface area contributed by atoms with Gasteiger partial charge in [0, 0.05) is 27.7 Å². The van der Waals surface area contributed by atoms with E-state index < -0.39 is 5.97 Å². The number of aromatic amines is 1. The van der Waals surface area contributed by atoms with Crippen LogP contribution in [0.25, 0.3) is 38.6 Å². The number of carbonyl (C=O) groups is 1. The smallest absolute Gasteiger partial charge is 0.335 e. The van der Waals surface area contributed by atoms with Gasteiger partial charge in [-0.15, -0.1) is 0 Å². The van der Waals surface area contributed by atoms with Gasteiger partial charge >= 0.3 is 5.97 Å². The van der Waals surface area contributed by atoms with E-state index in [1.807, 2.05) is 12.1 Å². The Morgan fingerprint density at radius 1 is 1.12 bits per heavy atom. The second-order valence-electron chi connectivity index (χ2n) is 8.47. The molecule has 1 atom stereocenters. The molecule has 0 aliphatic heterocycles. The van der Waals surface area contributed by atoms with Crippen molar-refractivity contribution in [2.24, 2.45) is 0 Å². The van der Waals surface area contributed by atoms with Crippen LogP contribution in [-0.2, 0) is 0 Å². The van der Waals surface area contributed by atoms with Crippen LogP contribution in [-0.4, -0.2) is 25.8 Å². The van der Waals surface area contributed by atoms with E-state index in [0.717, 1.165) is 57.2 Å². The summed E-state index contributed by atoms with van der Waals surface area (Å²) in [5.74, 6) is -1.01. The standard InChI is InChI=1S/C27H24FN3O2/c1-3-4-16(2)26-25(17-5-7-18(8-6-17)27(32)33)22-14-23-19(15-29-30-23)13-24(22)31(26)21-11-9-20(28)10-12-21/h5-16H,3-4H2,1-2H3,(H,29,30)(H,32,33). The van der Waals surface area contributed by atoms with Crippen molar-refractivity contribution in [2.75, 3.05) is 0 Å². The van der Waals surface area contributed by atoms with Crippen molar-refractivity contribution in [3.63, 3.8) is 0 Å². The SMILES string of the molecule is CCCC(C)c1c(-c2ccc(C(=O)O)cc2)c2cc3[nH]ncc3cc2n1-c1ccc(F)cc1. The lowest BCUT2D eigenvalue weighted by Gasteiger charge is -2.18. The van der Waals surface area contributed by atoms with Crippen molar-refractivity contribution in [2.45, 2.75) is 32.6 Å². The van der Waals surface area contributed by atoms with Crippen LogP contribution < -0.4 is 0 Å². The minimum absolute atomic E-state index is 0.220. The summed E-state index contributed by atoms with van der Waals surface area (Å²) in [5.41, 5.74) is 6.20. The first-order valence-electron chi connectivity index (χ1n) is 11.1. The number of fused-ring (bicyclic) bond motifs is 2. The highest BCUT2D eigenvalue weighted by Crippen LogP contribution is 2.43. The van der Waals surface area contributed by atoms with Crippen LogP contribution in [0.15, 0.2) is 66.9 Å². The van der Waals surface area contributed by atoms with E-state index in [0.29, 0.717) is 0 Å². The molecule has 0 radical (unpaired) electrons. The highest BCUT2D eigenvalue weighted by molar-refractivity contribution is 6.06. The third-order valence-corrected chi connectivity index (χ3v) is 6.26. The Kier molecular flexibility index (Phi) is 5.21. The first kappa shape index (κ1) is 20.9. The first-order valence-corrected chi connectivity index (χ1v) is 11.1. The fraction of sp³-hybridized carbons (Fsp3) is 0.185. The lowest BCUT2D eigenvalue weighted by molar-refractivity contribution is 0.0697. The molecule has 2 heterocycles. The number of nitrogens with zero attached hydrogens (tertiary/aromatic N) is 2. The highest BCUT2D eigenvalue weighted by atomic mass is 19.1. The predicted molar refractivity (Wildman–Crippen MR) is 129 cm³/mol. The summed E-state index contributed by atoms with van der Waals surface area (Å²) in [6.07, 6.45) is 3.80. The molecule has 0 saturated carbocycles. The Hall–Kier alpha value is -3.93. The summed E-state index contributed by atoms with van der Waals surface area (Å²) in [4.78, 5) is 11.4. The van der Waals surface area contributed by atoms with Gasteiger partial charge in [-0.05, 0) is 66.4 Å². The first-order chi connectivity index (χ1) is 16.0. The van der Waals surface area contributed by atoms with Crippen LogP contribution in [0.3, 0.4) is 0 Å². The van der Waals surface area contributed by atoms with Crippen LogP contribution >= 0.6 is 0 Å². The molecule has 2 aromatic heterocycles. The van der Waals surface area contributed by atoms with Crippen molar-refractivity contribution in [3.8, 4) is 16.8 Å². The fourth-order valence-electron chi connectivity index (χ4n) is 4.73. The second kappa shape index (κ2) is 8.20. The number of carboxylic acids is 1. The van der Waals surface area contributed by atoms with Crippen LogP contribution in [0.5, 0.6) is 0 Å². The maximum absolute atomic E-state index is 13.8. The molecule has 0 spiro atoms. The second-order valence-corrected chi connectivity index (χ2v) is 8.47. The average Bonchev–Trinajstić information content (AvgIpc) is 3.40. The van der Waals surface area contributed by atoms with Crippen molar-refractivity contribution in [1.82, 2.24) is 14.8 Å². The Morgan fingerprint density at radius 2 is 1.85 bits per heavy atom. The van der Waals surface area contributed by atoms with Crippen molar-refractivity contribution in [3.05, 3.63) is 83.9 Å². The molecule has 0 aliphatic carbocycles. The maximum Gasteiger partial charge on any atom is 0.335 e. The summed E-state index contributed by atoms with van der Waals surface area (Å²) < 4.78 is 16.0. The molecule has 5 aromatic rings. The molecule has 33 heavy (non-hydrogen) atoms. The van der Waals surface area contributed by atoms with Crippen LogP contribution in [0.2, 0.25) is 0 Å². The zero-order valence-electron chi connectivity index (χ0n) is 18.5. The average molecular weight is 442 g/mol.